The Morgan fingerprint density at radius 1 is 1.07 bits per heavy atom. The van der Waals surface area contributed by atoms with Gasteiger partial charge in [-0.1, -0.05) is 12.1 Å². The Kier molecular flexibility index (Phi) is 5.59. The van der Waals surface area contributed by atoms with Gasteiger partial charge in [0.05, 0.1) is 43.7 Å². The van der Waals surface area contributed by atoms with Crippen molar-refractivity contribution in [2.45, 2.75) is 12.2 Å². The number of fused-ring (bicyclic) bond motifs is 1. The van der Waals surface area contributed by atoms with E-state index >= 15 is 0 Å². The molecular weight excluding hydrogens is 402 g/mol. The van der Waals surface area contributed by atoms with Gasteiger partial charge in [0, 0.05) is 11.1 Å². The molecule has 0 spiro atoms. The molecule has 8 heteroatoms. The number of hydrogen-bond acceptors (Lipinski definition) is 6. The first-order chi connectivity index (χ1) is 14.6. The summed E-state index contributed by atoms with van der Waals surface area (Å²) in [6.45, 7) is 1.95. The Balaban J connectivity index is 1.89. The molecule has 0 saturated carbocycles. The molecule has 0 unspecified atom stereocenters. The molecule has 0 bridgehead atoms. The van der Waals surface area contributed by atoms with E-state index in [9.17, 15) is 4.79 Å². The molecule has 0 aliphatic carbocycles. The zero-order chi connectivity index (χ0) is 21.3. The predicted molar refractivity (Wildman–Crippen MR) is 117 cm³/mol. The number of aryl methyl sites for hydroxylation is 1. The van der Waals surface area contributed by atoms with E-state index < -0.39 is 0 Å². The van der Waals surface area contributed by atoms with Crippen molar-refractivity contribution in [3.63, 3.8) is 0 Å². The lowest BCUT2D eigenvalue weighted by Gasteiger charge is -2.20. The first-order valence-corrected chi connectivity index (χ1v) is 10.5. The van der Waals surface area contributed by atoms with Gasteiger partial charge in [-0.05, 0) is 37.3 Å². The van der Waals surface area contributed by atoms with E-state index in [0.717, 1.165) is 28.3 Å². The first kappa shape index (κ1) is 20.2. The number of para-hydroxylation sites is 1. The van der Waals surface area contributed by atoms with E-state index in [2.05, 4.69) is 5.32 Å². The van der Waals surface area contributed by atoms with E-state index in [1.807, 2.05) is 49.4 Å². The quantitative estimate of drug-likeness (QED) is 0.667. The van der Waals surface area contributed by atoms with E-state index in [0.29, 0.717) is 23.1 Å². The smallest absolute Gasteiger partial charge is 0.235 e. The SMILES string of the molecule is COc1ccc(-n2nc(C)c3c2NC(=O)CS[C@H]3c2cccc(OC)c2OC)cc1. The van der Waals surface area contributed by atoms with Gasteiger partial charge in [-0.25, -0.2) is 4.68 Å². The molecule has 0 radical (unpaired) electrons. The number of methoxy groups -OCH3 is 3. The Morgan fingerprint density at radius 2 is 1.83 bits per heavy atom. The van der Waals surface area contributed by atoms with Crippen LogP contribution in [0, 0.1) is 6.92 Å². The van der Waals surface area contributed by atoms with Gasteiger partial charge in [0.2, 0.25) is 5.91 Å². The molecule has 3 aromatic rings. The van der Waals surface area contributed by atoms with Crippen molar-refractivity contribution in [3.05, 3.63) is 59.3 Å². The second-order valence-corrected chi connectivity index (χ2v) is 7.87. The summed E-state index contributed by atoms with van der Waals surface area (Å²) in [4.78, 5) is 12.5. The maximum Gasteiger partial charge on any atom is 0.235 e. The second-order valence-electron chi connectivity index (χ2n) is 6.78. The first-order valence-electron chi connectivity index (χ1n) is 9.43. The lowest BCUT2D eigenvalue weighted by molar-refractivity contribution is -0.113. The summed E-state index contributed by atoms with van der Waals surface area (Å²) in [5.41, 5.74) is 3.57. The van der Waals surface area contributed by atoms with E-state index in [1.54, 1.807) is 37.8 Å². The maximum atomic E-state index is 12.5. The average molecular weight is 426 g/mol. The molecule has 1 N–H and O–H groups in total. The van der Waals surface area contributed by atoms with Gasteiger partial charge in [0.25, 0.3) is 0 Å². The van der Waals surface area contributed by atoms with Crippen molar-refractivity contribution in [2.75, 3.05) is 32.4 Å². The van der Waals surface area contributed by atoms with Gasteiger partial charge < -0.3 is 19.5 Å². The Hall–Kier alpha value is -3.13. The predicted octanol–water partition coefficient (Wildman–Crippen LogP) is 3.98. The highest BCUT2D eigenvalue weighted by molar-refractivity contribution is 8.00. The summed E-state index contributed by atoms with van der Waals surface area (Å²) in [6, 6.07) is 13.4. The highest BCUT2D eigenvalue weighted by atomic mass is 32.2. The van der Waals surface area contributed by atoms with Crippen LogP contribution in [0.5, 0.6) is 17.2 Å². The minimum atomic E-state index is -0.143. The summed E-state index contributed by atoms with van der Waals surface area (Å²) in [6.07, 6.45) is 0. The summed E-state index contributed by atoms with van der Waals surface area (Å²) in [7, 11) is 4.87. The van der Waals surface area contributed by atoms with Gasteiger partial charge >= 0.3 is 0 Å². The average Bonchev–Trinajstić information content (AvgIpc) is 2.98. The monoisotopic (exact) mass is 425 g/mol. The molecule has 1 amide bonds. The van der Waals surface area contributed by atoms with Crippen LogP contribution < -0.4 is 19.5 Å². The van der Waals surface area contributed by atoms with Crippen LogP contribution in [0.2, 0.25) is 0 Å². The van der Waals surface area contributed by atoms with E-state index in [1.165, 1.54) is 0 Å². The number of carbonyl (C=O) groups excluding carboxylic acids is 1. The fraction of sp³-hybridized carbons (Fsp3) is 0.273. The molecule has 30 heavy (non-hydrogen) atoms. The lowest BCUT2D eigenvalue weighted by Crippen LogP contribution is -2.15. The topological polar surface area (TPSA) is 74.6 Å². The second kappa shape index (κ2) is 8.31. The number of ether oxygens (including phenoxy) is 3. The third-order valence-corrected chi connectivity index (χ3v) is 6.29. The van der Waals surface area contributed by atoms with E-state index in [-0.39, 0.29) is 11.2 Å². The lowest BCUT2D eigenvalue weighted by atomic mass is 10.0. The molecular formula is C22H23N3O4S. The number of nitrogens with zero attached hydrogens (tertiary/aromatic N) is 2. The molecule has 1 aliphatic rings. The Morgan fingerprint density at radius 3 is 2.50 bits per heavy atom. The maximum absolute atomic E-state index is 12.5. The number of amides is 1. The summed E-state index contributed by atoms with van der Waals surface area (Å²) < 4.78 is 18.2. The third-order valence-electron chi connectivity index (χ3n) is 5.04. The number of thioether (sulfide) groups is 1. The van der Waals surface area contributed by atoms with Gasteiger partial charge in [-0.2, -0.15) is 5.10 Å². The molecule has 4 rings (SSSR count). The number of aromatic nitrogens is 2. The van der Waals surface area contributed by atoms with Crippen molar-refractivity contribution in [3.8, 4) is 22.9 Å². The van der Waals surface area contributed by atoms with Crippen molar-refractivity contribution >= 4 is 23.5 Å². The van der Waals surface area contributed by atoms with Crippen molar-refractivity contribution in [1.29, 1.82) is 0 Å². The number of nitrogens with one attached hydrogen (secondary N) is 1. The zero-order valence-corrected chi connectivity index (χ0v) is 18.1. The van der Waals surface area contributed by atoms with Crippen LogP contribution in [-0.4, -0.2) is 42.8 Å². The summed E-state index contributed by atoms with van der Waals surface area (Å²) in [5.74, 6) is 2.99. The van der Waals surface area contributed by atoms with Crippen LogP contribution in [0.15, 0.2) is 42.5 Å². The molecule has 1 aromatic heterocycles. The van der Waals surface area contributed by atoms with Crippen LogP contribution in [-0.2, 0) is 4.79 Å². The largest absolute Gasteiger partial charge is 0.497 e. The van der Waals surface area contributed by atoms with Gasteiger partial charge in [-0.15, -0.1) is 11.8 Å². The number of rotatable bonds is 5. The Labute approximate surface area is 179 Å². The number of anilines is 1. The van der Waals surface area contributed by atoms with E-state index in [4.69, 9.17) is 19.3 Å². The summed E-state index contributed by atoms with van der Waals surface area (Å²) in [5, 5.41) is 7.64. The molecule has 0 fully saturated rings. The standard InChI is InChI=1S/C22H23N3O4S/c1-13-19-21(16-6-5-7-17(28-3)20(16)29-4)30-12-18(26)23-22(19)25(24-13)14-8-10-15(27-2)11-9-14/h5-11,21H,12H2,1-4H3,(H,23,26)/t21-/m0/s1. The normalized spacial score (nSPS) is 15.7. The van der Waals surface area contributed by atoms with Gasteiger partial charge in [-0.3, -0.25) is 4.79 Å². The molecule has 0 saturated heterocycles. The molecule has 2 aromatic carbocycles. The fourth-order valence-electron chi connectivity index (χ4n) is 3.66. The van der Waals surface area contributed by atoms with Crippen LogP contribution in [0.3, 0.4) is 0 Å². The van der Waals surface area contributed by atoms with Crippen LogP contribution in [0.4, 0.5) is 5.82 Å². The highest BCUT2D eigenvalue weighted by Crippen LogP contribution is 2.48. The molecule has 1 aliphatic heterocycles. The molecule has 1 atom stereocenters. The molecule has 2 heterocycles. The zero-order valence-electron chi connectivity index (χ0n) is 17.3. The number of hydrogen-bond donors (Lipinski definition) is 1. The van der Waals surface area contributed by atoms with Crippen LogP contribution >= 0.6 is 11.8 Å². The van der Waals surface area contributed by atoms with Gasteiger partial charge in [0.1, 0.15) is 11.6 Å². The van der Waals surface area contributed by atoms with Crippen LogP contribution in [0.1, 0.15) is 22.1 Å². The third kappa shape index (κ3) is 3.47. The number of carbonyl (C=O) groups is 1. The minimum absolute atomic E-state index is 0.0692. The van der Waals surface area contributed by atoms with Crippen molar-refractivity contribution < 1.29 is 19.0 Å². The minimum Gasteiger partial charge on any atom is -0.497 e. The number of benzene rings is 2. The Bertz CT molecular complexity index is 1080. The van der Waals surface area contributed by atoms with Gasteiger partial charge in [0.15, 0.2) is 11.5 Å². The van der Waals surface area contributed by atoms with Crippen molar-refractivity contribution in [1.82, 2.24) is 9.78 Å². The van der Waals surface area contributed by atoms with Crippen LogP contribution in [0.25, 0.3) is 5.69 Å². The van der Waals surface area contributed by atoms with Crippen molar-refractivity contribution in [2.24, 2.45) is 0 Å². The summed E-state index contributed by atoms with van der Waals surface area (Å²) >= 11 is 1.54. The molecule has 156 valence electrons. The highest BCUT2D eigenvalue weighted by Gasteiger charge is 2.32. The molecule has 7 nitrogen and oxygen atoms in total. The fourth-order valence-corrected chi connectivity index (χ4v) is 4.86.